The van der Waals surface area contributed by atoms with Crippen LogP contribution in [0.3, 0.4) is 0 Å². The van der Waals surface area contributed by atoms with E-state index in [1.54, 1.807) is 42.5 Å². The lowest BCUT2D eigenvalue weighted by molar-refractivity contribution is -0.140. The Morgan fingerprint density at radius 1 is 0.979 bits per heavy atom. The number of hydrogen-bond acceptors (Lipinski definition) is 7. The maximum Gasteiger partial charge on any atom is 0.416 e. The van der Waals surface area contributed by atoms with Crippen molar-refractivity contribution in [2.45, 2.75) is 12.3 Å². The smallest absolute Gasteiger partial charge is 0.416 e. The van der Waals surface area contributed by atoms with Crippen LogP contribution in [0, 0.1) is 0 Å². The van der Waals surface area contributed by atoms with Gasteiger partial charge in [-0.1, -0.05) is 36.9 Å². The molecule has 1 atom stereocenters. The maximum atomic E-state index is 14.4. The zero-order chi connectivity index (χ0) is 33.7. The number of pyridine rings is 1. The number of methoxy groups -OCH3 is 1. The number of hydrogen-bond donors (Lipinski definition) is 2. The Morgan fingerprint density at radius 2 is 1.70 bits per heavy atom. The van der Waals surface area contributed by atoms with E-state index in [-0.39, 0.29) is 41.2 Å². The van der Waals surface area contributed by atoms with Gasteiger partial charge < -0.3 is 29.7 Å². The number of rotatable bonds is 9. The van der Waals surface area contributed by atoms with E-state index in [4.69, 9.17) is 14.2 Å². The fourth-order valence-electron chi connectivity index (χ4n) is 5.27. The Balaban J connectivity index is 1.42. The van der Waals surface area contributed by atoms with Crippen molar-refractivity contribution < 1.29 is 41.8 Å². The standard InChI is InChI=1S/C34H31F3N4O6/c1-20(33(44)41-14-16-46-17-15-41)30(45-3)26-11-10-21(18-27(26)34(35,36)37)40-31(42)25-8-4-7-24-23(25)6-5-9-29(24)47-22-12-13-39-28(19-22)32(43)38-2/h4-13,18-19,30H,1,14-17H2,2-3H3,(H,38,43)(H,40,42). The molecule has 0 radical (unpaired) electrons. The van der Waals surface area contributed by atoms with Crippen molar-refractivity contribution in [1.82, 2.24) is 15.2 Å². The molecule has 3 aromatic carbocycles. The van der Waals surface area contributed by atoms with Gasteiger partial charge in [-0.05, 0) is 41.3 Å². The molecule has 1 fully saturated rings. The number of carbonyl (C=O) groups is 3. The van der Waals surface area contributed by atoms with Crippen LogP contribution >= 0.6 is 0 Å². The number of alkyl halides is 3. The predicted molar refractivity (Wildman–Crippen MR) is 167 cm³/mol. The largest absolute Gasteiger partial charge is 0.457 e. The number of morpholine rings is 1. The van der Waals surface area contributed by atoms with Crippen LogP contribution in [0.4, 0.5) is 18.9 Å². The molecule has 0 aliphatic carbocycles. The molecule has 1 saturated heterocycles. The molecule has 1 aromatic heterocycles. The summed E-state index contributed by atoms with van der Waals surface area (Å²) >= 11 is 0. The van der Waals surface area contributed by atoms with Crippen LogP contribution in [0.1, 0.15) is 38.1 Å². The van der Waals surface area contributed by atoms with Gasteiger partial charge in [0.15, 0.2) is 0 Å². The van der Waals surface area contributed by atoms with Gasteiger partial charge in [0, 0.05) is 61.7 Å². The minimum Gasteiger partial charge on any atom is -0.457 e. The Kier molecular flexibility index (Phi) is 9.87. The molecule has 1 aliphatic heterocycles. The van der Waals surface area contributed by atoms with Crippen molar-refractivity contribution in [3.63, 3.8) is 0 Å². The molecule has 1 aliphatic rings. The van der Waals surface area contributed by atoms with Gasteiger partial charge in [-0.2, -0.15) is 13.2 Å². The molecule has 4 aromatic rings. The molecule has 47 heavy (non-hydrogen) atoms. The van der Waals surface area contributed by atoms with Gasteiger partial charge in [-0.25, -0.2) is 0 Å². The molecule has 13 heteroatoms. The lowest BCUT2D eigenvalue weighted by Crippen LogP contribution is -2.42. The maximum absolute atomic E-state index is 14.4. The molecule has 0 spiro atoms. The summed E-state index contributed by atoms with van der Waals surface area (Å²) in [5.74, 6) is -0.856. The van der Waals surface area contributed by atoms with Gasteiger partial charge in [0.1, 0.15) is 23.3 Å². The third kappa shape index (κ3) is 7.26. The average Bonchev–Trinajstić information content (AvgIpc) is 3.08. The van der Waals surface area contributed by atoms with Gasteiger partial charge in [-0.3, -0.25) is 19.4 Å². The van der Waals surface area contributed by atoms with E-state index in [9.17, 15) is 27.6 Å². The molecule has 10 nitrogen and oxygen atoms in total. The number of halogens is 3. The molecule has 2 heterocycles. The molecule has 3 amide bonds. The van der Waals surface area contributed by atoms with Crippen LogP contribution in [0.2, 0.25) is 0 Å². The quantitative estimate of drug-likeness (QED) is 0.222. The number of benzene rings is 3. The third-order valence-electron chi connectivity index (χ3n) is 7.57. The molecule has 2 N–H and O–H groups in total. The Labute approximate surface area is 268 Å². The number of carbonyl (C=O) groups excluding carboxylic acids is 3. The van der Waals surface area contributed by atoms with Crippen LogP contribution in [0.25, 0.3) is 10.8 Å². The number of fused-ring (bicyclic) bond motifs is 1. The van der Waals surface area contributed by atoms with Crippen LogP contribution in [0.5, 0.6) is 11.5 Å². The fourth-order valence-corrected chi connectivity index (χ4v) is 5.27. The second-order valence-corrected chi connectivity index (χ2v) is 10.5. The summed E-state index contributed by atoms with van der Waals surface area (Å²) in [6.07, 6.45) is -4.79. The van der Waals surface area contributed by atoms with Crippen molar-refractivity contribution in [3.05, 3.63) is 107 Å². The first kappa shape index (κ1) is 33.1. The summed E-state index contributed by atoms with van der Waals surface area (Å²) in [7, 11) is 2.68. The molecular weight excluding hydrogens is 617 g/mol. The number of amides is 3. The molecule has 5 rings (SSSR count). The highest BCUT2D eigenvalue weighted by Crippen LogP contribution is 2.40. The molecule has 0 bridgehead atoms. The van der Waals surface area contributed by atoms with E-state index >= 15 is 0 Å². The van der Waals surface area contributed by atoms with Crippen molar-refractivity contribution in [2.75, 3.05) is 45.8 Å². The van der Waals surface area contributed by atoms with Gasteiger partial charge in [0.25, 0.3) is 17.7 Å². The lowest BCUT2D eigenvalue weighted by atomic mass is 9.95. The topological polar surface area (TPSA) is 119 Å². The van der Waals surface area contributed by atoms with Crippen LogP contribution in [-0.2, 0) is 20.4 Å². The van der Waals surface area contributed by atoms with Crippen molar-refractivity contribution in [2.24, 2.45) is 0 Å². The zero-order valence-corrected chi connectivity index (χ0v) is 25.5. The summed E-state index contributed by atoms with van der Waals surface area (Å²) in [5.41, 5.74) is -1.33. The summed E-state index contributed by atoms with van der Waals surface area (Å²) in [6.45, 7) is 4.97. The molecule has 1 unspecified atom stereocenters. The van der Waals surface area contributed by atoms with E-state index in [1.807, 2.05) is 0 Å². The summed E-state index contributed by atoms with van der Waals surface area (Å²) in [6, 6.07) is 16.3. The summed E-state index contributed by atoms with van der Waals surface area (Å²) in [5, 5.41) is 6.09. The highest BCUT2D eigenvalue weighted by Gasteiger charge is 2.38. The first-order chi connectivity index (χ1) is 22.5. The van der Waals surface area contributed by atoms with Gasteiger partial charge in [0.05, 0.1) is 18.8 Å². The average molecular weight is 649 g/mol. The summed E-state index contributed by atoms with van der Waals surface area (Å²) < 4.78 is 59.8. The van der Waals surface area contributed by atoms with Gasteiger partial charge in [-0.15, -0.1) is 0 Å². The minimum absolute atomic E-state index is 0.117. The highest BCUT2D eigenvalue weighted by molar-refractivity contribution is 6.13. The number of aromatic nitrogens is 1. The van der Waals surface area contributed by atoms with E-state index < -0.39 is 35.6 Å². The first-order valence-corrected chi connectivity index (χ1v) is 14.5. The number of anilines is 1. The predicted octanol–water partition coefficient (Wildman–Crippen LogP) is 5.76. The van der Waals surface area contributed by atoms with E-state index in [0.717, 1.165) is 6.07 Å². The van der Waals surface area contributed by atoms with Gasteiger partial charge in [0.2, 0.25) is 0 Å². The number of nitrogens with one attached hydrogen (secondary N) is 2. The first-order valence-electron chi connectivity index (χ1n) is 14.5. The lowest BCUT2D eigenvalue weighted by Gasteiger charge is -2.30. The van der Waals surface area contributed by atoms with E-state index in [2.05, 4.69) is 22.2 Å². The monoisotopic (exact) mass is 648 g/mol. The van der Waals surface area contributed by atoms with Crippen LogP contribution < -0.4 is 15.4 Å². The molecule has 0 saturated carbocycles. The minimum atomic E-state index is -4.84. The Bertz CT molecular complexity index is 1840. The second kappa shape index (κ2) is 14.0. The Morgan fingerprint density at radius 3 is 2.40 bits per heavy atom. The van der Waals surface area contributed by atoms with Crippen molar-refractivity contribution in [1.29, 1.82) is 0 Å². The number of nitrogens with zero attached hydrogens (tertiary/aromatic N) is 2. The van der Waals surface area contributed by atoms with Gasteiger partial charge >= 0.3 is 6.18 Å². The normalized spacial score (nSPS) is 13.9. The zero-order valence-electron chi connectivity index (χ0n) is 25.5. The molecule has 244 valence electrons. The summed E-state index contributed by atoms with van der Waals surface area (Å²) in [4.78, 5) is 44.0. The molecular formula is C34H31F3N4O6. The van der Waals surface area contributed by atoms with Crippen LogP contribution in [-0.4, -0.2) is 68.1 Å². The van der Waals surface area contributed by atoms with E-state index in [0.29, 0.717) is 35.5 Å². The van der Waals surface area contributed by atoms with Crippen molar-refractivity contribution in [3.8, 4) is 11.5 Å². The second-order valence-electron chi connectivity index (χ2n) is 10.5. The van der Waals surface area contributed by atoms with Crippen LogP contribution in [0.15, 0.2) is 85.1 Å². The number of ether oxygens (including phenoxy) is 3. The van der Waals surface area contributed by atoms with Crippen molar-refractivity contribution >= 4 is 34.2 Å². The SMILES string of the molecule is C=C(C(=O)N1CCOCC1)C(OC)c1ccc(NC(=O)c2cccc3c(Oc4ccnc(C(=O)NC)c4)cccc23)cc1C(F)(F)F. The van der Waals surface area contributed by atoms with E-state index in [1.165, 1.54) is 43.5 Å². The Hall–Kier alpha value is -5.27. The third-order valence-corrected chi connectivity index (χ3v) is 7.57. The fraction of sp³-hybridized carbons (Fsp3) is 0.235. The highest BCUT2D eigenvalue weighted by atomic mass is 19.4.